The highest BCUT2D eigenvalue weighted by Gasteiger charge is 2.34. The van der Waals surface area contributed by atoms with Crippen molar-refractivity contribution in [1.82, 2.24) is 16.0 Å². The van der Waals surface area contributed by atoms with E-state index in [9.17, 15) is 9.59 Å². The Morgan fingerprint density at radius 3 is 2.56 bits per heavy atom. The molecule has 0 spiro atoms. The van der Waals surface area contributed by atoms with Crippen molar-refractivity contribution in [3.63, 3.8) is 0 Å². The number of rotatable bonds is 9. The Balaban J connectivity index is 1.80. The van der Waals surface area contributed by atoms with Crippen molar-refractivity contribution >= 4 is 12.0 Å². The van der Waals surface area contributed by atoms with Gasteiger partial charge in [-0.05, 0) is 62.6 Å². The van der Waals surface area contributed by atoms with Crippen LogP contribution in [0.4, 0.5) is 4.79 Å². The zero-order valence-electron chi connectivity index (χ0n) is 19.1. The molecule has 1 atom stereocenters. The van der Waals surface area contributed by atoms with Crippen LogP contribution in [0.3, 0.4) is 0 Å². The summed E-state index contributed by atoms with van der Waals surface area (Å²) in [6, 6.07) is 13.0. The summed E-state index contributed by atoms with van der Waals surface area (Å²) in [6.45, 7) is 7.02. The third-order valence-electron chi connectivity index (χ3n) is 5.45. The number of aryl methyl sites for hydroxylation is 2. The Morgan fingerprint density at radius 2 is 1.88 bits per heavy atom. The second-order valence-corrected chi connectivity index (χ2v) is 7.78. The molecule has 1 aliphatic heterocycles. The molecule has 0 aromatic heterocycles. The van der Waals surface area contributed by atoms with Gasteiger partial charge in [-0.25, -0.2) is 9.59 Å². The zero-order valence-corrected chi connectivity index (χ0v) is 19.1. The van der Waals surface area contributed by atoms with Gasteiger partial charge in [-0.2, -0.15) is 0 Å². The number of methoxy groups -OCH3 is 1. The van der Waals surface area contributed by atoms with Crippen LogP contribution in [0.25, 0.3) is 0 Å². The number of carbonyl (C=O) groups excluding carboxylic acids is 2. The van der Waals surface area contributed by atoms with Gasteiger partial charge in [0.05, 0.1) is 25.3 Å². The van der Waals surface area contributed by atoms with Gasteiger partial charge in [-0.1, -0.05) is 35.9 Å². The lowest BCUT2D eigenvalue weighted by molar-refractivity contribution is -0.139. The molecule has 0 saturated heterocycles. The summed E-state index contributed by atoms with van der Waals surface area (Å²) in [5.74, 6) is 0.388. The number of benzene rings is 2. The Morgan fingerprint density at radius 1 is 1.12 bits per heavy atom. The number of amides is 2. The Bertz CT molecular complexity index is 999. The van der Waals surface area contributed by atoms with Crippen LogP contribution in [-0.4, -0.2) is 38.8 Å². The van der Waals surface area contributed by atoms with Crippen LogP contribution < -0.4 is 20.7 Å². The molecule has 2 aromatic carbocycles. The topological polar surface area (TPSA) is 88.7 Å². The molecule has 7 nitrogen and oxygen atoms in total. The molecule has 0 fully saturated rings. The third-order valence-corrected chi connectivity index (χ3v) is 5.45. The van der Waals surface area contributed by atoms with Crippen molar-refractivity contribution in [2.45, 2.75) is 33.2 Å². The average Bonchev–Trinajstić information content (AvgIpc) is 2.78. The van der Waals surface area contributed by atoms with Crippen LogP contribution in [0.15, 0.2) is 53.7 Å². The highest BCUT2D eigenvalue weighted by Crippen LogP contribution is 2.30. The number of urea groups is 1. The quantitative estimate of drug-likeness (QED) is 0.414. The van der Waals surface area contributed by atoms with Crippen molar-refractivity contribution in [3.05, 3.63) is 76.0 Å². The Kier molecular flexibility index (Phi) is 7.89. The standard InChI is InChI=1S/C25H31N3O4/c1-5-32-24(29)22-21(15-26-13-12-18-8-10-19(31-4)11-9-18)27-25(30)28-23(22)20-14-16(2)6-7-17(20)3/h6-11,14,23,26H,5,12-13,15H2,1-4H3,(H2,27,28,30)/t23-/m1/s1. The van der Waals surface area contributed by atoms with Gasteiger partial charge < -0.3 is 25.4 Å². The molecular formula is C25H31N3O4. The van der Waals surface area contributed by atoms with Crippen molar-refractivity contribution < 1.29 is 19.1 Å². The maximum Gasteiger partial charge on any atom is 0.338 e. The van der Waals surface area contributed by atoms with Crippen LogP contribution in [0.1, 0.15) is 35.2 Å². The second-order valence-electron chi connectivity index (χ2n) is 7.78. The molecule has 0 aliphatic carbocycles. The molecule has 1 aliphatic rings. The fourth-order valence-corrected chi connectivity index (χ4v) is 3.75. The minimum absolute atomic E-state index is 0.258. The average molecular weight is 438 g/mol. The minimum Gasteiger partial charge on any atom is -0.497 e. The van der Waals surface area contributed by atoms with Gasteiger partial charge in [0, 0.05) is 12.2 Å². The zero-order chi connectivity index (χ0) is 23.1. The largest absolute Gasteiger partial charge is 0.497 e. The molecule has 3 N–H and O–H groups in total. The van der Waals surface area contributed by atoms with E-state index in [4.69, 9.17) is 9.47 Å². The van der Waals surface area contributed by atoms with Crippen molar-refractivity contribution in [2.75, 3.05) is 26.8 Å². The van der Waals surface area contributed by atoms with E-state index in [0.29, 0.717) is 24.4 Å². The molecular weight excluding hydrogens is 406 g/mol. The molecule has 2 aromatic rings. The van der Waals surface area contributed by atoms with E-state index in [2.05, 4.69) is 16.0 Å². The summed E-state index contributed by atoms with van der Waals surface area (Å²) in [4.78, 5) is 25.3. The van der Waals surface area contributed by atoms with E-state index in [-0.39, 0.29) is 12.6 Å². The van der Waals surface area contributed by atoms with E-state index in [1.807, 2.05) is 56.3 Å². The summed E-state index contributed by atoms with van der Waals surface area (Å²) in [5.41, 5.74) is 5.07. The number of hydrogen-bond donors (Lipinski definition) is 3. The van der Waals surface area contributed by atoms with Gasteiger partial charge >= 0.3 is 12.0 Å². The first kappa shape index (κ1) is 23.3. The minimum atomic E-state index is -0.568. The lowest BCUT2D eigenvalue weighted by atomic mass is 9.91. The number of ether oxygens (including phenoxy) is 2. The van der Waals surface area contributed by atoms with Gasteiger partial charge in [0.1, 0.15) is 5.75 Å². The number of hydrogen-bond acceptors (Lipinski definition) is 5. The molecule has 1 heterocycles. The first-order valence-electron chi connectivity index (χ1n) is 10.8. The van der Waals surface area contributed by atoms with Gasteiger partial charge in [0.2, 0.25) is 0 Å². The predicted molar refractivity (Wildman–Crippen MR) is 124 cm³/mol. The Labute approximate surface area is 189 Å². The highest BCUT2D eigenvalue weighted by molar-refractivity contribution is 5.95. The SMILES string of the molecule is CCOC(=O)C1=C(CNCCc2ccc(OC)cc2)NC(=O)N[C@@H]1c1cc(C)ccc1C. The second kappa shape index (κ2) is 10.8. The normalized spacial score (nSPS) is 15.8. The Hall–Kier alpha value is -3.32. The molecule has 7 heteroatoms. The lowest BCUT2D eigenvalue weighted by Gasteiger charge is -2.30. The molecule has 0 radical (unpaired) electrons. The maximum atomic E-state index is 12.9. The molecule has 0 bridgehead atoms. The molecule has 0 unspecified atom stereocenters. The van der Waals surface area contributed by atoms with Crippen LogP contribution in [-0.2, 0) is 16.0 Å². The summed E-state index contributed by atoms with van der Waals surface area (Å²) in [6.07, 6.45) is 0.804. The van der Waals surface area contributed by atoms with E-state index >= 15 is 0 Å². The van der Waals surface area contributed by atoms with Crippen molar-refractivity contribution in [3.8, 4) is 5.75 Å². The van der Waals surface area contributed by atoms with Gasteiger partial charge in [-0.15, -0.1) is 0 Å². The first-order chi connectivity index (χ1) is 15.4. The van der Waals surface area contributed by atoms with Crippen LogP contribution in [0, 0.1) is 13.8 Å². The van der Waals surface area contributed by atoms with E-state index in [0.717, 1.165) is 28.9 Å². The van der Waals surface area contributed by atoms with Gasteiger partial charge in [-0.3, -0.25) is 0 Å². The van der Waals surface area contributed by atoms with Crippen molar-refractivity contribution in [2.24, 2.45) is 0 Å². The summed E-state index contributed by atoms with van der Waals surface area (Å²) < 4.78 is 10.5. The smallest absolute Gasteiger partial charge is 0.338 e. The monoisotopic (exact) mass is 437 g/mol. The van der Waals surface area contributed by atoms with E-state index in [1.54, 1.807) is 14.0 Å². The number of nitrogens with one attached hydrogen (secondary N) is 3. The molecule has 170 valence electrons. The molecule has 3 rings (SSSR count). The fourth-order valence-electron chi connectivity index (χ4n) is 3.75. The predicted octanol–water partition coefficient (Wildman–Crippen LogP) is 3.32. The van der Waals surface area contributed by atoms with Gasteiger partial charge in [0.25, 0.3) is 0 Å². The molecule has 0 saturated carbocycles. The molecule has 2 amide bonds. The third kappa shape index (κ3) is 5.68. The van der Waals surface area contributed by atoms with Crippen molar-refractivity contribution in [1.29, 1.82) is 0 Å². The maximum absolute atomic E-state index is 12.9. The summed E-state index contributed by atoms with van der Waals surface area (Å²) in [5, 5.41) is 9.04. The van der Waals surface area contributed by atoms with E-state index in [1.165, 1.54) is 5.56 Å². The number of carbonyl (C=O) groups is 2. The van der Waals surface area contributed by atoms with Crippen LogP contribution in [0.2, 0.25) is 0 Å². The summed E-state index contributed by atoms with van der Waals surface area (Å²) in [7, 11) is 1.64. The highest BCUT2D eigenvalue weighted by atomic mass is 16.5. The van der Waals surface area contributed by atoms with Crippen LogP contribution >= 0.6 is 0 Å². The van der Waals surface area contributed by atoms with Crippen LogP contribution in [0.5, 0.6) is 5.75 Å². The van der Waals surface area contributed by atoms with E-state index < -0.39 is 12.0 Å². The lowest BCUT2D eigenvalue weighted by Crippen LogP contribution is -2.48. The fraction of sp³-hybridized carbons (Fsp3) is 0.360. The van der Waals surface area contributed by atoms with Gasteiger partial charge in [0.15, 0.2) is 0 Å². The first-order valence-corrected chi connectivity index (χ1v) is 10.8. The molecule has 32 heavy (non-hydrogen) atoms. The number of esters is 1. The summed E-state index contributed by atoms with van der Waals surface area (Å²) >= 11 is 0.